The van der Waals surface area contributed by atoms with Crippen LogP contribution in [-0.2, 0) is 0 Å². The Labute approximate surface area is 125 Å². The Morgan fingerprint density at radius 2 is 1.79 bits per heavy atom. The molecule has 3 rings (SSSR count). The van der Waals surface area contributed by atoms with E-state index in [0.717, 1.165) is 22.5 Å². The summed E-state index contributed by atoms with van der Waals surface area (Å²) in [6, 6.07) is 7.36. The van der Waals surface area contributed by atoms with Gasteiger partial charge >= 0.3 is 0 Å². The zero-order valence-electron chi connectivity index (χ0n) is 9.99. The number of hydrogen-bond acceptors (Lipinski definition) is 1. The van der Waals surface area contributed by atoms with Gasteiger partial charge in [0, 0.05) is 18.0 Å². The van der Waals surface area contributed by atoms with Gasteiger partial charge in [-0.15, -0.1) is 0 Å². The van der Waals surface area contributed by atoms with Gasteiger partial charge < -0.3 is 4.40 Å². The zero-order valence-corrected chi connectivity index (χ0v) is 12.3. The second-order valence-corrected chi connectivity index (χ2v) is 5.58. The topological polar surface area (TPSA) is 17.3 Å². The van der Waals surface area contributed by atoms with E-state index in [0.29, 0.717) is 15.1 Å². The first-order chi connectivity index (χ1) is 9.04. The molecule has 0 aliphatic rings. The molecule has 1 aromatic carbocycles. The molecule has 19 heavy (non-hydrogen) atoms. The molecule has 5 heteroatoms. The van der Waals surface area contributed by atoms with E-state index in [4.69, 9.17) is 34.8 Å². The van der Waals surface area contributed by atoms with Crippen molar-refractivity contribution >= 4 is 40.4 Å². The minimum Gasteiger partial charge on any atom is -0.305 e. The predicted molar refractivity (Wildman–Crippen MR) is 80.4 cm³/mol. The maximum absolute atomic E-state index is 6.04. The molecule has 0 fully saturated rings. The summed E-state index contributed by atoms with van der Waals surface area (Å²) in [4.78, 5) is 4.60. The molecule has 3 aromatic rings. The van der Waals surface area contributed by atoms with Crippen LogP contribution in [0.25, 0.3) is 16.9 Å². The summed E-state index contributed by atoms with van der Waals surface area (Å²) in [6.45, 7) is 1.98. The second-order valence-electron chi connectivity index (χ2n) is 4.33. The maximum atomic E-state index is 6.04. The Hall–Kier alpha value is -1.22. The number of nitrogens with zero attached hydrogens (tertiary/aromatic N) is 2. The number of benzene rings is 1. The SMILES string of the molecule is Cc1cc(Cl)cn2cc(-c3ccc(Cl)c(Cl)c3)nc12. The smallest absolute Gasteiger partial charge is 0.140 e. The first kappa shape index (κ1) is 12.8. The largest absolute Gasteiger partial charge is 0.305 e. The van der Waals surface area contributed by atoms with E-state index in [2.05, 4.69) is 4.98 Å². The Bertz CT molecular complexity index is 778. The fraction of sp³-hybridized carbons (Fsp3) is 0.0714. The normalized spacial score (nSPS) is 11.2. The molecule has 0 saturated carbocycles. The molecule has 2 aromatic heterocycles. The molecule has 0 atom stereocenters. The van der Waals surface area contributed by atoms with Gasteiger partial charge in [-0.05, 0) is 30.7 Å². The van der Waals surface area contributed by atoms with E-state index in [-0.39, 0.29) is 0 Å². The molecular weight excluding hydrogens is 303 g/mol. The van der Waals surface area contributed by atoms with Crippen LogP contribution < -0.4 is 0 Å². The zero-order chi connectivity index (χ0) is 13.6. The van der Waals surface area contributed by atoms with Crippen LogP contribution in [0.3, 0.4) is 0 Å². The van der Waals surface area contributed by atoms with Crippen molar-refractivity contribution in [2.75, 3.05) is 0 Å². The van der Waals surface area contributed by atoms with Gasteiger partial charge in [0.15, 0.2) is 0 Å². The van der Waals surface area contributed by atoms with Gasteiger partial charge in [-0.1, -0.05) is 40.9 Å². The number of imidazole rings is 1. The van der Waals surface area contributed by atoms with Gasteiger partial charge in [0.05, 0.1) is 20.8 Å². The van der Waals surface area contributed by atoms with Gasteiger partial charge in [-0.3, -0.25) is 0 Å². The van der Waals surface area contributed by atoms with Crippen molar-refractivity contribution in [2.24, 2.45) is 0 Å². The highest BCUT2D eigenvalue weighted by molar-refractivity contribution is 6.42. The van der Waals surface area contributed by atoms with Crippen LogP contribution in [0.5, 0.6) is 0 Å². The van der Waals surface area contributed by atoms with Crippen LogP contribution >= 0.6 is 34.8 Å². The monoisotopic (exact) mass is 310 g/mol. The number of pyridine rings is 1. The first-order valence-electron chi connectivity index (χ1n) is 5.65. The van der Waals surface area contributed by atoms with Gasteiger partial charge in [0.25, 0.3) is 0 Å². The summed E-state index contributed by atoms with van der Waals surface area (Å²) in [5.74, 6) is 0. The summed E-state index contributed by atoms with van der Waals surface area (Å²) in [6.07, 6.45) is 3.76. The average Bonchev–Trinajstić information content (AvgIpc) is 2.76. The fourth-order valence-corrected chi connectivity index (χ4v) is 2.59. The predicted octanol–water partition coefficient (Wildman–Crippen LogP) is 5.27. The number of aromatic nitrogens is 2. The van der Waals surface area contributed by atoms with E-state index in [1.165, 1.54) is 0 Å². The number of fused-ring (bicyclic) bond motifs is 1. The van der Waals surface area contributed by atoms with E-state index < -0.39 is 0 Å². The standard InChI is InChI=1S/C14H9Cl3N2/c1-8-4-10(15)6-19-7-13(18-14(8)19)9-2-3-11(16)12(17)5-9/h2-7H,1H3. The maximum Gasteiger partial charge on any atom is 0.140 e. The molecule has 0 spiro atoms. The molecule has 96 valence electrons. The van der Waals surface area contributed by atoms with E-state index in [9.17, 15) is 0 Å². The minimum atomic E-state index is 0.519. The van der Waals surface area contributed by atoms with Gasteiger partial charge in [-0.25, -0.2) is 4.98 Å². The highest BCUT2D eigenvalue weighted by Gasteiger charge is 2.08. The highest BCUT2D eigenvalue weighted by Crippen LogP contribution is 2.29. The number of aryl methyl sites for hydroxylation is 1. The lowest BCUT2D eigenvalue weighted by molar-refractivity contribution is 1.16. The van der Waals surface area contributed by atoms with Crippen LogP contribution in [0.1, 0.15) is 5.56 Å². The molecule has 0 saturated heterocycles. The van der Waals surface area contributed by atoms with Gasteiger partial charge in [-0.2, -0.15) is 0 Å². The summed E-state index contributed by atoms with van der Waals surface area (Å²) < 4.78 is 1.91. The number of halogens is 3. The average molecular weight is 312 g/mol. The Morgan fingerprint density at radius 1 is 1.00 bits per heavy atom. The van der Waals surface area contributed by atoms with Gasteiger partial charge in [0.2, 0.25) is 0 Å². The third-order valence-corrected chi connectivity index (χ3v) is 3.86. The fourth-order valence-electron chi connectivity index (χ4n) is 2.02. The Kier molecular flexibility index (Phi) is 3.17. The molecule has 0 radical (unpaired) electrons. The molecule has 2 nitrogen and oxygen atoms in total. The molecule has 0 unspecified atom stereocenters. The lowest BCUT2D eigenvalue weighted by Crippen LogP contribution is -1.85. The quantitative estimate of drug-likeness (QED) is 0.598. The summed E-state index contributed by atoms with van der Waals surface area (Å²) >= 11 is 18.0. The third kappa shape index (κ3) is 2.32. The van der Waals surface area contributed by atoms with Crippen LogP contribution in [-0.4, -0.2) is 9.38 Å². The highest BCUT2D eigenvalue weighted by atomic mass is 35.5. The van der Waals surface area contributed by atoms with Crippen LogP contribution in [0.4, 0.5) is 0 Å². The van der Waals surface area contributed by atoms with Gasteiger partial charge in [0.1, 0.15) is 5.65 Å². The van der Waals surface area contributed by atoms with E-state index >= 15 is 0 Å². The van der Waals surface area contributed by atoms with Crippen molar-refractivity contribution in [3.8, 4) is 11.3 Å². The number of rotatable bonds is 1. The van der Waals surface area contributed by atoms with Crippen LogP contribution in [0.15, 0.2) is 36.7 Å². The second kappa shape index (κ2) is 4.71. The van der Waals surface area contributed by atoms with Crippen molar-refractivity contribution in [3.05, 3.63) is 57.3 Å². The van der Waals surface area contributed by atoms with Crippen LogP contribution in [0.2, 0.25) is 15.1 Å². The summed E-state index contributed by atoms with van der Waals surface area (Å²) in [7, 11) is 0. The molecule has 0 amide bonds. The number of hydrogen-bond donors (Lipinski definition) is 0. The summed E-state index contributed by atoms with van der Waals surface area (Å²) in [5, 5.41) is 1.74. The molecule has 2 heterocycles. The Balaban J connectivity index is 2.20. The third-order valence-electron chi connectivity index (χ3n) is 2.92. The minimum absolute atomic E-state index is 0.519. The van der Waals surface area contributed by atoms with Crippen molar-refractivity contribution in [1.82, 2.24) is 9.38 Å². The molecule has 0 N–H and O–H groups in total. The molecule has 0 aliphatic carbocycles. The lowest BCUT2D eigenvalue weighted by atomic mass is 10.2. The van der Waals surface area contributed by atoms with E-state index in [1.807, 2.05) is 41.9 Å². The summed E-state index contributed by atoms with van der Waals surface area (Å²) in [5.41, 5.74) is 3.67. The van der Waals surface area contributed by atoms with E-state index in [1.54, 1.807) is 6.07 Å². The van der Waals surface area contributed by atoms with Crippen LogP contribution in [0, 0.1) is 6.92 Å². The lowest BCUT2D eigenvalue weighted by Gasteiger charge is -1.98. The molecule has 0 bridgehead atoms. The van der Waals surface area contributed by atoms with Crippen molar-refractivity contribution in [2.45, 2.75) is 6.92 Å². The Morgan fingerprint density at radius 3 is 2.53 bits per heavy atom. The van der Waals surface area contributed by atoms with Crippen molar-refractivity contribution in [3.63, 3.8) is 0 Å². The molecular formula is C14H9Cl3N2. The van der Waals surface area contributed by atoms with Crippen molar-refractivity contribution < 1.29 is 0 Å². The molecule has 0 aliphatic heterocycles. The first-order valence-corrected chi connectivity index (χ1v) is 6.78. The van der Waals surface area contributed by atoms with Crippen molar-refractivity contribution in [1.29, 1.82) is 0 Å².